The van der Waals surface area contributed by atoms with Gasteiger partial charge in [-0.25, -0.2) is 0 Å². The summed E-state index contributed by atoms with van der Waals surface area (Å²) >= 11 is 0. The summed E-state index contributed by atoms with van der Waals surface area (Å²) < 4.78 is 0. The third-order valence-corrected chi connectivity index (χ3v) is 3.03. The van der Waals surface area contributed by atoms with Crippen molar-refractivity contribution in [3.8, 4) is 0 Å². The Hall–Kier alpha value is -0.0800. The van der Waals surface area contributed by atoms with E-state index in [-0.39, 0.29) is 0 Å². The molecule has 1 aliphatic heterocycles. The quantitative estimate of drug-likeness (QED) is 0.617. The van der Waals surface area contributed by atoms with Crippen LogP contribution in [0.2, 0.25) is 0 Å². The molecular weight excluding hydrogens is 136 g/mol. The van der Waals surface area contributed by atoms with Gasteiger partial charge in [-0.3, -0.25) is 0 Å². The molecule has 0 aromatic heterocycles. The normalized spacial score (nSPS) is 39.0. The summed E-state index contributed by atoms with van der Waals surface area (Å²) in [7, 11) is 0. The van der Waals surface area contributed by atoms with Gasteiger partial charge in [0.25, 0.3) is 0 Å². The average Bonchev–Trinajstić information content (AvgIpc) is 2.29. The zero-order valence-corrected chi connectivity index (χ0v) is 7.32. The van der Waals surface area contributed by atoms with Crippen molar-refractivity contribution in [2.24, 2.45) is 0 Å². The van der Waals surface area contributed by atoms with Gasteiger partial charge in [0.1, 0.15) is 0 Å². The van der Waals surface area contributed by atoms with E-state index in [0.717, 1.165) is 12.6 Å². The van der Waals surface area contributed by atoms with Crippen LogP contribution < -0.4 is 10.6 Å². The molecule has 11 heavy (non-hydrogen) atoms. The molecule has 2 fully saturated rings. The average molecular weight is 154 g/mol. The molecule has 1 saturated heterocycles. The summed E-state index contributed by atoms with van der Waals surface area (Å²) in [5.41, 5.74) is 0.408. The zero-order chi connectivity index (χ0) is 7.73. The van der Waals surface area contributed by atoms with Gasteiger partial charge in [-0.1, -0.05) is 6.42 Å². The molecule has 0 spiro atoms. The molecule has 0 bridgehead atoms. The first-order valence-electron chi connectivity index (χ1n) is 4.77. The molecule has 0 aromatic carbocycles. The maximum atomic E-state index is 3.73. The Labute approximate surface area is 68.7 Å². The predicted molar refractivity (Wildman–Crippen MR) is 46.7 cm³/mol. The maximum Gasteiger partial charge on any atom is 0.0292 e. The summed E-state index contributed by atoms with van der Waals surface area (Å²) in [5, 5.41) is 7.13. The Morgan fingerprint density at radius 3 is 2.73 bits per heavy atom. The van der Waals surface area contributed by atoms with Crippen molar-refractivity contribution in [2.45, 2.75) is 44.2 Å². The van der Waals surface area contributed by atoms with E-state index in [1.54, 1.807) is 0 Å². The molecular formula is C9H18N2. The van der Waals surface area contributed by atoms with Crippen LogP contribution in [0, 0.1) is 0 Å². The molecule has 64 valence electrons. The summed E-state index contributed by atoms with van der Waals surface area (Å²) in [6.45, 7) is 4.69. The van der Waals surface area contributed by atoms with E-state index in [1.807, 2.05) is 0 Å². The van der Waals surface area contributed by atoms with E-state index < -0.39 is 0 Å². The van der Waals surface area contributed by atoms with Crippen LogP contribution in [-0.4, -0.2) is 24.7 Å². The number of nitrogens with one attached hydrogen (secondary N) is 2. The van der Waals surface area contributed by atoms with Crippen LogP contribution in [0.15, 0.2) is 0 Å². The van der Waals surface area contributed by atoms with Gasteiger partial charge in [0.15, 0.2) is 0 Å². The molecule has 0 aromatic rings. The highest BCUT2D eigenvalue weighted by Crippen LogP contribution is 2.23. The number of rotatable bonds is 2. The van der Waals surface area contributed by atoms with Gasteiger partial charge in [0.2, 0.25) is 0 Å². The largest absolute Gasteiger partial charge is 0.315 e. The minimum atomic E-state index is 0.408. The minimum Gasteiger partial charge on any atom is -0.315 e. The van der Waals surface area contributed by atoms with Crippen molar-refractivity contribution >= 4 is 0 Å². The van der Waals surface area contributed by atoms with Gasteiger partial charge in [-0.15, -0.1) is 0 Å². The molecule has 1 aliphatic carbocycles. The predicted octanol–water partition coefficient (Wildman–Crippen LogP) is 0.880. The van der Waals surface area contributed by atoms with Crippen molar-refractivity contribution in [2.75, 3.05) is 13.1 Å². The molecule has 1 heterocycles. The second-order valence-electron chi connectivity index (χ2n) is 4.26. The first-order chi connectivity index (χ1) is 5.29. The second kappa shape index (κ2) is 2.76. The van der Waals surface area contributed by atoms with Gasteiger partial charge < -0.3 is 10.6 Å². The van der Waals surface area contributed by atoms with Crippen LogP contribution in [0.3, 0.4) is 0 Å². The van der Waals surface area contributed by atoms with Crippen LogP contribution in [-0.2, 0) is 0 Å². The van der Waals surface area contributed by atoms with Gasteiger partial charge in [-0.2, -0.15) is 0 Å². The van der Waals surface area contributed by atoms with E-state index in [4.69, 9.17) is 0 Å². The van der Waals surface area contributed by atoms with Gasteiger partial charge >= 0.3 is 0 Å². The molecule has 1 unspecified atom stereocenters. The molecule has 2 aliphatic rings. The molecule has 2 nitrogen and oxygen atoms in total. The van der Waals surface area contributed by atoms with Gasteiger partial charge in [0.05, 0.1) is 0 Å². The van der Waals surface area contributed by atoms with Gasteiger partial charge in [0, 0.05) is 18.1 Å². The SMILES string of the molecule is CC1(NC2CCC2)CCNC1. The summed E-state index contributed by atoms with van der Waals surface area (Å²) in [6.07, 6.45) is 5.52. The van der Waals surface area contributed by atoms with Crippen molar-refractivity contribution in [3.63, 3.8) is 0 Å². The highest BCUT2D eigenvalue weighted by atomic mass is 15.1. The number of hydrogen-bond donors (Lipinski definition) is 2. The fourth-order valence-corrected chi connectivity index (χ4v) is 1.99. The highest BCUT2D eigenvalue weighted by Gasteiger charge is 2.32. The topological polar surface area (TPSA) is 24.1 Å². The first kappa shape index (κ1) is 7.56. The van der Waals surface area contributed by atoms with Crippen LogP contribution >= 0.6 is 0 Å². The Bertz CT molecular complexity index is 134. The summed E-state index contributed by atoms with van der Waals surface area (Å²) in [6, 6.07) is 0.833. The lowest BCUT2D eigenvalue weighted by molar-refractivity contribution is 0.252. The Kier molecular flexibility index (Phi) is 1.90. The maximum absolute atomic E-state index is 3.73. The van der Waals surface area contributed by atoms with E-state index >= 15 is 0 Å². The van der Waals surface area contributed by atoms with Crippen molar-refractivity contribution in [1.82, 2.24) is 10.6 Å². The van der Waals surface area contributed by atoms with Crippen LogP contribution in [0.5, 0.6) is 0 Å². The third kappa shape index (κ3) is 1.57. The zero-order valence-electron chi connectivity index (χ0n) is 7.32. The highest BCUT2D eigenvalue weighted by molar-refractivity contribution is 4.95. The molecule has 0 radical (unpaired) electrons. The summed E-state index contributed by atoms with van der Waals surface area (Å²) in [4.78, 5) is 0. The lowest BCUT2D eigenvalue weighted by atomic mass is 9.89. The fraction of sp³-hybridized carbons (Fsp3) is 1.00. The Morgan fingerprint density at radius 1 is 1.45 bits per heavy atom. The lowest BCUT2D eigenvalue weighted by Crippen LogP contribution is -2.51. The van der Waals surface area contributed by atoms with Crippen molar-refractivity contribution in [1.29, 1.82) is 0 Å². The third-order valence-electron chi connectivity index (χ3n) is 3.03. The molecule has 2 N–H and O–H groups in total. The molecule has 2 rings (SSSR count). The van der Waals surface area contributed by atoms with E-state index in [9.17, 15) is 0 Å². The smallest absolute Gasteiger partial charge is 0.0292 e. The standard InChI is InChI=1S/C9H18N2/c1-9(5-6-10-7-9)11-8-3-2-4-8/h8,10-11H,2-7H2,1H3. The van der Waals surface area contributed by atoms with Crippen LogP contribution in [0.4, 0.5) is 0 Å². The van der Waals surface area contributed by atoms with Gasteiger partial charge in [-0.05, 0) is 32.7 Å². The lowest BCUT2D eigenvalue weighted by Gasteiger charge is -2.35. The minimum absolute atomic E-state index is 0.408. The first-order valence-corrected chi connectivity index (χ1v) is 4.77. The number of hydrogen-bond acceptors (Lipinski definition) is 2. The fourth-order valence-electron chi connectivity index (χ4n) is 1.99. The molecule has 1 saturated carbocycles. The van der Waals surface area contributed by atoms with Crippen molar-refractivity contribution < 1.29 is 0 Å². The van der Waals surface area contributed by atoms with E-state index in [0.29, 0.717) is 5.54 Å². The monoisotopic (exact) mass is 154 g/mol. The van der Waals surface area contributed by atoms with E-state index in [1.165, 1.54) is 32.2 Å². The molecule has 2 heteroatoms. The Balaban J connectivity index is 1.82. The second-order valence-corrected chi connectivity index (χ2v) is 4.26. The molecule has 1 atom stereocenters. The summed E-state index contributed by atoms with van der Waals surface area (Å²) in [5.74, 6) is 0. The molecule has 0 amide bonds. The van der Waals surface area contributed by atoms with Crippen LogP contribution in [0.25, 0.3) is 0 Å². The van der Waals surface area contributed by atoms with Crippen LogP contribution in [0.1, 0.15) is 32.6 Å². The van der Waals surface area contributed by atoms with E-state index in [2.05, 4.69) is 17.6 Å². The Morgan fingerprint density at radius 2 is 2.27 bits per heavy atom. The van der Waals surface area contributed by atoms with Crippen molar-refractivity contribution in [3.05, 3.63) is 0 Å².